The van der Waals surface area contributed by atoms with Gasteiger partial charge in [-0.2, -0.15) is 0 Å². The van der Waals surface area contributed by atoms with Crippen LogP contribution in [0.4, 0.5) is 8.78 Å². The molecule has 2 aromatic rings. The van der Waals surface area contributed by atoms with Gasteiger partial charge in [0.25, 0.3) is 0 Å². The van der Waals surface area contributed by atoms with E-state index in [4.69, 9.17) is 10.3 Å². The number of hydrogen-bond donors (Lipinski definition) is 1. The number of rotatable bonds is 2. The Bertz CT molecular complexity index is 482. The maximum Gasteiger partial charge on any atom is 0.159 e. The number of nitrogens with zero attached hydrogens (tertiary/aromatic N) is 1. The minimum Gasteiger partial charge on any atom is -0.359 e. The lowest BCUT2D eigenvalue weighted by Crippen LogP contribution is -1.92. The smallest absolute Gasteiger partial charge is 0.159 e. The van der Waals surface area contributed by atoms with E-state index in [9.17, 15) is 8.78 Å². The molecule has 0 aliphatic carbocycles. The van der Waals surface area contributed by atoms with Crippen molar-refractivity contribution < 1.29 is 13.3 Å². The Labute approximate surface area is 84.5 Å². The second-order valence-electron chi connectivity index (χ2n) is 3.01. The molecule has 5 heteroatoms. The van der Waals surface area contributed by atoms with Crippen LogP contribution in [0.15, 0.2) is 28.8 Å². The summed E-state index contributed by atoms with van der Waals surface area (Å²) < 4.78 is 30.4. The van der Waals surface area contributed by atoms with Crippen molar-refractivity contribution in [3.05, 3.63) is 41.7 Å². The van der Waals surface area contributed by atoms with Gasteiger partial charge in [0.2, 0.25) is 0 Å². The third-order valence-corrected chi connectivity index (χ3v) is 1.98. The van der Waals surface area contributed by atoms with Crippen molar-refractivity contribution in [2.24, 2.45) is 5.73 Å². The van der Waals surface area contributed by atoms with E-state index in [0.29, 0.717) is 17.0 Å². The molecule has 0 unspecified atom stereocenters. The summed E-state index contributed by atoms with van der Waals surface area (Å²) in [5.74, 6) is -1.30. The number of hydrogen-bond acceptors (Lipinski definition) is 3. The largest absolute Gasteiger partial charge is 0.359 e. The average Bonchev–Trinajstić information content (AvgIpc) is 2.70. The molecule has 2 N–H and O–H groups in total. The lowest BCUT2D eigenvalue weighted by atomic mass is 10.1. The van der Waals surface area contributed by atoms with Gasteiger partial charge < -0.3 is 10.3 Å². The second-order valence-corrected chi connectivity index (χ2v) is 3.01. The molecular formula is C10H8F2N2O. The van der Waals surface area contributed by atoms with Crippen molar-refractivity contribution >= 4 is 0 Å². The lowest BCUT2D eigenvalue weighted by Gasteiger charge is -1.96. The summed E-state index contributed by atoms with van der Waals surface area (Å²) in [6.07, 6.45) is 0. The predicted molar refractivity (Wildman–Crippen MR) is 49.7 cm³/mol. The highest BCUT2D eigenvalue weighted by Gasteiger charge is 2.08. The second kappa shape index (κ2) is 3.78. The minimum atomic E-state index is -0.912. The molecule has 0 aliphatic rings. The summed E-state index contributed by atoms with van der Waals surface area (Å²) in [5.41, 5.74) is 6.22. The first-order chi connectivity index (χ1) is 7.20. The molecule has 0 fully saturated rings. The standard InChI is InChI=1S/C10H8F2N2O/c11-8-2-1-6(3-9(8)12)10-4-7(5-13)15-14-10/h1-4H,5,13H2. The Morgan fingerprint density at radius 2 is 2.00 bits per heavy atom. The van der Waals surface area contributed by atoms with Gasteiger partial charge in [0.1, 0.15) is 5.69 Å². The summed E-state index contributed by atoms with van der Waals surface area (Å²) in [4.78, 5) is 0. The van der Waals surface area contributed by atoms with Crippen LogP contribution in [0.3, 0.4) is 0 Å². The SMILES string of the molecule is NCc1cc(-c2ccc(F)c(F)c2)no1. The monoisotopic (exact) mass is 210 g/mol. The normalized spacial score (nSPS) is 10.6. The summed E-state index contributed by atoms with van der Waals surface area (Å²) in [5, 5.41) is 3.68. The number of nitrogens with two attached hydrogens (primary N) is 1. The quantitative estimate of drug-likeness (QED) is 0.825. The molecule has 1 aromatic heterocycles. The van der Waals surface area contributed by atoms with Crippen LogP contribution in [0.5, 0.6) is 0 Å². The molecule has 0 saturated carbocycles. The van der Waals surface area contributed by atoms with Crippen molar-refractivity contribution in [2.45, 2.75) is 6.54 Å². The zero-order valence-corrected chi connectivity index (χ0v) is 7.71. The molecular weight excluding hydrogens is 202 g/mol. The van der Waals surface area contributed by atoms with Crippen LogP contribution in [0, 0.1) is 11.6 Å². The van der Waals surface area contributed by atoms with Gasteiger partial charge in [-0.3, -0.25) is 0 Å². The van der Waals surface area contributed by atoms with Crippen LogP contribution in [0.1, 0.15) is 5.76 Å². The van der Waals surface area contributed by atoms with Crippen LogP contribution in [-0.2, 0) is 6.54 Å². The van der Waals surface area contributed by atoms with Gasteiger partial charge >= 0.3 is 0 Å². The van der Waals surface area contributed by atoms with Crippen molar-refractivity contribution in [3.8, 4) is 11.3 Å². The van der Waals surface area contributed by atoms with Crippen molar-refractivity contribution in [3.63, 3.8) is 0 Å². The molecule has 15 heavy (non-hydrogen) atoms. The molecule has 0 aliphatic heterocycles. The first-order valence-corrected chi connectivity index (χ1v) is 4.32. The van der Waals surface area contributed by atoms with Crippen LogP contribution in [-0.4, -0.2) is 5.16 Å². The van der Waals surface area contributed by atoms with Gasteiger partial charge in [0, 0.05) is 11.6 Å². The van der Waals surface area contributed by atoms with Crippen molar-refractivity contribution in [1.82, 2.24) is 5.16 Å². The van der Waals surface area contributed by atoms with Crippen LogP contribution in [0.2, 0.25) is 0 Å². The fourth-order valence-electron chi connectivity index (χ4n) is 1.20. The van der Waals surface area contributed by atoms with E-state index in [1.807, 2.05) is 0 Å². The highest BCUT2D eigenvalue weighted by atomic mass is 19.2. The van der Waals surface area contributed by atoms with Gasteiger partial charge in [-0.05, 0) is 18.2 Å². The van der Waals surface area contributed by atoms with Crippen LogP contribution in [0.25, 0.3) is 11.3 Å². The summed E-state index contributed by atoms with van der Waals surface area (Å²) in [7, 11) is 0. The molecule has 0 atom stereocenters. The summed E-state index contributed by atoms with van der Waals surface area (Å²) >= 11 is 0. The van der Waals surface area contributed by atoms with E-state index in [0.717, 1.165) is 12.1 Å². The number of benzene rings is 1. The lowest BCUT2D eigenvalue weighted by molar-refractivity contribution is 0.387. The molecule has 78 valence electrons. The maximum atomic E-state index is 12.9. The molecule has 0 amide bonds. The fourth-order valence-corrected chi connectivity index (χ4v) is 1.20. The molecule has 1 heterocycles. The Morgan fingerprint density at radius 3 is 2.60 bits per heavy atom. The number of aromatic nitrogens is 1. The van der Waals surface area contributed by atoms with Gasteiger partial charge in [-0.25, -0.2) is 8.78 Å². The van der Waals surface area contributed by atoms with Crippen molar-refractivity contribution in [2.75, 3.05) is 0 Å². The maximum absolute atomic E-state index is 12.9. The molecule has 0 spiro atoms. The summed E-state index contributed by atoms with van der Waals surface area (Å²) in [6, 6.07) is 5.12. The highest BCUT2D eigenvalue weighted by Crippen LogP contribution is 2.21. The first kappa shape index (κ1) is 9.79. The molecule has 0 bridgehead atoms. The van der Waals surface area contributed by atoms with E-state index in [2.05, 4.69) is 5.16 Å². The number of halogens is 2. The molecule has 1 aromatic carbocycles. The first-order valence-electron chi connectivity index (χ1n) is 4.32. The van der Waals surface area contributed by atoms with E-state index in [-0.39, 0.29) is 6.54 Å². The Balaban J connectivity index is 2.40. The Morgan fingerprint density at radius 1 is 1.20 bits per heavy atom. The van der Waals surface area contributed by atoms with E-state index in [1.54, 1.807) is 6.07 Å². The fraction of sp³-hybridized carbons (Fsp3) is 0.100. The zero-order valence-electron chi connectivity index (χ0n) is 7.71. The average molecular weight is 210 g/mol. The van der Waals surface area contributed by atoms with Gasteiger partial charge in [-0.1, -0.05) is 5.16 Å². The van der Waals surface area contributed by atoms with Gasteiger partial charge in [0.05, 0.1) is 6.54 Å². The van der Waals surface area contributed by atoms with Crippen LogP contribution < -0.4 is 5.73 Å². The predicted octanol–water partition coefficient (Wildman–Crippen LogP) is 2.08. The van der Waals surface area contributed by atoms with E-state index in [1.165, 1.54) is 6.07 Å². The van der Waals surface area contributed by atoms with Gasteiger partial charge in [-0.15, -0.1) is 0 Å². The molecule has 0 radical (unpaired) electrons. The van der Waals surface area contributed by atoms with E-state index >= 15 is 0 Å². The molecule has 3 nitrogen and oxygen atoms in total. The highest BCUT2D eigenvalue weighted by molar-refractivity contribution is 5.58. The molecule has 2 rings (SSSR count). The zero-order chi connectivity index (χ0) is 10.8. The summed E-state index contributed by atoms with van der Waals surface area (Å²) in [6.45, 7) is 0.219. The van der Waals surface area contributed by atoms with Gasteiger partial charge in [0.15, 0.2) is 17.4 Å². The minimum absolute atomic E-state index is 0.219. The van der Waals surface area contributed by atoms with Crippen LogP contribution >= 0.6 is 0 Å². The Kier molecular flexibility index (Phi) is 2.47. The van der Waals surface area contributed by atoms with E-state index < -0.39 is 11.6 Å². The van der Waals surface area contributed by atoms with Crippen molar-refractivity contribution in [1.29, 1.82) is 0 Å². The third-order valence-electron chi connectivity index (χ3n) is 1.98. The molecule has 0 saturated heterocycles. The topological polar surface area (TPSA) is 52.0 Å². The Hall–Kier alpha value is -1.75. The third kappa shape index (κ3) is 1.87.